The highest BCUT2D eigenvalue weighted by Gasteiger charge is 2.33. The Morgan fingerprint density at radius 1 is 1.12 bits per heavy atom. The molecule has 25 heavy (non-hydrogen) atoms. The van der Waals surface area contributed by atoms with E-state index < -0.39 is 0 Å². The summed E-state index contributed by atoms with van der Waals surface area (Å²) in [7, 11) is 3.45. The van der Waals surface area contributed by atoms with Crippen molar-refractivity contribution in [3.05, 3.63) is 23.8 Å². The molecule has 2 heterocycles. The van der Waals surface area contributed by atoms with Crippen molar-refractivity contribution < 1.29 is 9.47 Å². The van der Waals surface area contributed by atoms with E-state index in [1.54, 1.807) is 14.2 Å². The number of hydrazine groups is 1. The lowest BCUT2D eigenvalue weighted by Crippen LogP contribution is -2.42. The van der Waals surface area contributed by atoms with Crippen molar-refractivity contribution in [1.82, 2.24) is 15.8 Å². The molecule has 0 aromatic heterocycles. The molecule has 2 fully saturated rings. The summed E-state index contributed by atoms with van der Waals surface area (Å²) in [4.78, 5) is 2.54. The molecule has 0 saturated carbocycles. The summed E-state index contributed by atoms with van der Waals surface area (Å²) < 4.78 is 10.9. The van der Waals surface area contributed by atoms with Gasteiger partial charge in [-0.25, -0.2) is 0 Å². The van der Waals surface area contributed by atoms with Crippen LogP contribution in [0.15, 0.2) is 18.2 Å². The van der Waals surface area contributed by atoms with E-state index in [0.717, 1.165) is 37.1 Å². The number of rotatable bonds is 6. The summed E-state index contributed by atoms with van der Waals surface area (Å²) >= 11 is 0. The predicted octanol–water partition coefficient (Wildman–Crippen LogP) is 2.81. The highest BCUT2D eigenvalue weighted by Crippen LogP contribution is 2.30. The molecule has 3 rings (SSSR count). The molecule has 140 valence electrons. The van der Waals surface area contributed by atoms with Crippen LogP contribution in [0, 0.1) is 11.8 Å². The minimum atomic E-state index is 0.615. The zero-order chi connectivity index (χ0) is 17.8. The molecule has 2 atom stereocenters. The Morgan fingerprint density at radius 2 is 1.88 bits per heavy atom. The summed E-state index contributed by atoms with van der Waals surface area (Å²) in [5.41, 5.74) is 8.25. The van der Waals surface area contributed by atoms with Crippen molar-refractivity contribution in [1.29, 1.82) is 0 Å². The maximum Gasteiger partial charge on any atom is 0.123 e. The van der Waals surface area contributed by atoms with E-state index in [1.807, 2.05) is 12.1 Å². The molecule has 2 aliphatic rings. The molecule has 5 heteroatoms. The van der Waals surface area contributed by atoms with Gasteiger partial charge in [0.15, 0.2) is 0 Å². The third kappa shape index (κ3) is 4.46. The van der Waals surface area contributed by atoms with Crippen LogP contribution in [0.4, 0.5) is 0 Å². The van der Waals surface area contributed by atoms with Crippen molar-refractivity contribution in [2.75, 3.05) is 27.3 Å². The second kappa shape index (κ2) is 8.39. The van der Waals surface area contributed by atoms with Gasteiger partial charge in [-0.05, 0) is 62.4 Å². The van der Waals surface area contributed by atoms with E-state index >= 15 is 0 Å². The molecule has 0 amide bonds. The molecule has 0 spiro atoms. The Kier molecular flexibility index (Phi) is 6.20. The molecule has 0 aliphatic carbocycles. The fourth-order valence-corrected chi connectivity index (χ4v) is 4.11. The Bertz CT molecular complexity index is 556. The summed E-state index contributed by atoms with van der Waals surface area (Å²) in [5, 5.41) is 0. The van der Waals surface area contributed by atoms with Gasteiger partial charge in [-0.2, -0.15) is 0 Å². The first-order chi connectivity index (χ1) is 12.1. The SMILES string of the molecule is COc1ccc(OC)c(CN2CCC(C3CC(C(C)C)NN3)CC2)c1. The van der Waals surface area contributed by atoms with Crippen LogP contribution in [0.3, 0.4) is 0 Å². The van der Waals surface area contributed by atoms with Gasteiger partial charge in [0.05, 0.1) is 14.2 Å². The average Bonchev–Trinajstić information content (AvgIpc) is 3.13. The van der Waals surface area contributed by atoms with Gasteiger partial charge in [0, 0.05) is 24.2 Å². The summed E-state index contributed by atoms with van der Waals surface area (Å²) in [6.07, 6.45) is 3.78. The van der Waals surface area contributed by atoms with Crippen molar-refractivity contribution in [3.63, 3.8) is 0 Å². The van der Waals surface area contributed by atoms with Crippen LogP contribution >= 0.6 is 0 Å². The van der Waals surface area contributed by atoms with Crippen molar-refractivity contribution >= 4 is 0 Å². The first-order valence-electron chi connectivity index (χ1n) is 9.55. The van der Waals surface area contributed by atoms with Gasteiger partial charge in [0.25, 0.3) is 0 Å². The number of hydrogen-bond donors (Lipinski definition) is 2. The van der Waals surface area contributed by atoms with Crippen LogP contribution in [-0.4, -0.2) is 44.3 Å². The van der Waals surface area contributed by atoms with Crippen LogP contribution in [0.1, 0.15) is 38.7 Å². The van der Waals surface area contributed by atoms with Gasteiger partial charge in [-0.1, -0.05) is 13.8 Å². The lowest BCUT2D eigenvalue weighted by atomic mass is 9.85. The number of benzene rings is 1. The number of ether oxygens (including phenoxy) is 2. The van der Waals surface area contributed by atoms with E-state index in [2.05, 4.69) is 35.7 Å². The molecule has 5 nitrogen and oxygen atoms in total. The van der Waals surface area contributed by atoms with Crippen LogP contribution < -0.4 is 20.3 Å². The van der Waals surface area contributed by atoms with E-state index in [9.17, 15) is 0 Å². The Labute approximate surface area is 152 Å². The molecule has 2 saturated heterocycles. The van der Waals surface area contributed by atoms with Crippen molar-refractivity contribution in [3.8, 4) is 11.5 Å². The summed E-state index contributed by atoms with van der Waals surface area (Å²) in [6, 6.07) is 7.30. The first kappa shape index (κ1) is 18.5. The van der Waals surface area contributed by atoms with Crippen LogP contribution in [-0.2, 0) is 6.54 Å². The molecular formula is C20H33N3O2. The second-order valence-corrected chi connectivity index (χ2v) is 7.77. The van der Waals surface area contributed by atoms with Crippen molar-refractivity contribution in [2.45, 2.75) is 51.7 Å². The Morgan fingerprint density at radius 3 is 2.48 bits per heavy atom. The van der Waals surface area contributed by atoms with Gasteiger partial charge in [0.1, 0.15) is 11.5 Å². The standard InChI is InChI=1S/C20H33N3O2/c1-14(2)18-12-19(22-21-18)15-7-9-23(10-8-15)13-16-11-17(24-3)5-6-20(16)25-4/h5-6,11,14-15,18-19,21-22H,7-10,12-13H2,1-4H3. The smallest absolute Gasteiger partial charge is 0.123 e. The maximum absolute atomic E-state index is 5.52. The lowest BCUT2D eigenvalue weighted by molar-refractivity contribution is 0.154. The minimum absolute atomic E-state index is 0.615. The zero-order valence-electron chi connectivity index (χ0n) is 16.0. The topological polar surface area (TPSA) is 45.8 Å². The average molecular weight is 348 g/mol. The highest BCUT2D eigenvalue weighted by atomic mass is 16.5. The number of hydrogen-bond acceptors (Lipinski definition) is 5. The van der Waals surface area contributed by atoms with Gasteiger partial charge < -0.3 is 9.47 Å². The van der Waals surface area contributed by atoms with Crippen LogP contribution in [0.2, 0.25) is 0 Å². The highest BCUT2D eigenvalue weighted by molar-refractivity contribution is 5.40. The molecule has 2 unspecified atom stereocenters. The predicted molar refractivity (Wildman–Crippen MR) is 101 cm³/mol. The van der Waals surface area contributed by atoms with Gasteiger partial charge in [-0.15, -0.1) is 0 Å². The van der Waals surface area contributed by atoms with Gasteiger partial charge in [0.2, 0.25) is 0 Å². The van der Waals surface area contributed by atoms with E-state index in [4.69, 9.17) is 9.47 Å². The van der Waals surface area contributed by atoms with Crippen LogP contribution in [0.5, 0.6) is 11.5 Å². The number of methoxy groups -OCH3 is 2. The molecule has 1 aromatic rings. The van der Waals surface area contributed by atoms with Gasteiger partial charge >= 0.3 is 0 Å². The molecule has 0 bridgehead atoms. The largest absolute Gasteiger partial charge is 0.497 e. The molecule has 1 aromatic carbocycles. The molecular weight excluding hydrogens is 314 g/mol. The molecule has 0 radical (unpaired) electrons. The minimum Gasteiger partial charge on any atom is -0.497 e. The summed E-state index contributed by atoms with van der Waals surface area (Å²) in [5.74, 6) is 3.31. The third-order valence-electron chi connectivity index (χ3n) is 5.85. The fraction of sp³-hybridized carbons (Fsp3) is 0.700. The van der Waals surface area contributed by atoms with Gasteiger partial charge in [-0.3, -0.25) is 15.8 Å². The fourth-order valence-electron chi connectivity index (χ4n) is 4.11. The number of nitrogens with zero attached hydrogens (tertiary/aromatic N) is 1. The van der Waals surface area contributed by atoms with E-state index in [1.165, 1.54) is 24.8 Å². The Balaban J connectivity index is 1.53. The molecule has 2 aliphatic heterocycles. The Hall–Kier alpha value is -1.30. The normalized spacial score (nSPS) is 25.5. The third-order valence-corrected chi connectivity index (χ3v) is 5.85. The lowest BCUT2D eigenvalue weighted by Gasteiger charge is -2.35. The number of nitrogens with one attached hydrogen (secondary N) is 2. The summed E-state index contributed by atoms with van der Waals surface area (Å²) in [6.45, 7) is 7.82. The number of piperidine rings is 1. The van der Waals surface area contributed by atoms with Crippen LogP contribution in [0.25, 0.3) is 0 Å². The van der Waals surface area contributed by atoms with Crippen molar-refractivity contribution in [2.24, 2.45) is 11.8 Å². The first-order valence-corrected chi connectivity index (χ1v) is 9.55. The monoisotopic (exact) mass is 347 g/mol. The quantitative estimate of drug-likeness (QED) is 0.829. The second-order valence-electron chi connectivity index (χ2n) is 7.77. The molecule has 2 N–H and O–H groups in total. The number of likely N-dealkylation sites (tertiary alicyclic amines) is 1. The van der Waals surface area contributed by atoms with E-state index in [0.29, 0.717) is 18.0 Å². The zero-order valence-corrected chi connectivity index (χ0v) is 16.0. The maximum atomic E-state index is 5.52. The van der Waals surface area contributed by atoms with E-state index in [-0.39, 0.29) is 0 Å².